The third-order valence-corrected chi connectivity index (χ3v) is 8.02. The van der Waals surface area contributed by atoms with Gasteiger partial charge in [0.2, 0.25) is 25.4 Å². The Morgan fingerprint density at radius 2 is 1.65 bits per heavy atom. The fraction of sp³-hybridized carbons (Fsp3) is 0.688. The number of ether oxygens (including phenoxy) is 1. The zero-order chi connectivity index (χ0) is 20.1. The molecule has 1 fully saturated rings. The van der Waals surface area contributed by atoms with Gasteiger partial charge in [-0.1, -0.05) is 19.8 Å². The van der Waals surface area contributed by atoms with E-state index < -0.39 is 48.2 Å². The van der Waals surface area contributed by atoms with Crippen molar-refractivity contribution in [1.29, 1.82) is 0 Å². The van der Waals surface area contributed by atoms with Gasteiger partial charge in [0.1, 0.15) is 5.56 Å². The maximum Gasteiger partial charge on any atom is 0.333 e. The average Bonchev–Trinajstić information content (AvgIpc) is 2.70. The molecular weight excluding hydrogens is 364 g/mol. The van der Waals surface area contributed by atoms with Gasteiger partial charge in [-0.05, 0) is 20.3 Å². The highest BCUT2D eigenvalue weighted by Gasteiger charge is 2.68. The van der Waals surface area contributed by atoms with E-state index in [9.17, 15) is 27.9 Å². The van der Waals surface area contributed by atoms with E-state index in [0.717, 1.165) is 31.4 Å². The summed E-state index contributed by atoms with van der Waals surface area (Å²) < 4.78 is 30.7. The van der Waals surface area contributed by atoms with E-state index in [0.29, 0.717) is 11.0 Å². The summed E-state index contributed by atoms with van der Waals surface area (Å²) in [7, 11) is -2.04. The molecule has 10 heteroatoms. The van der Waals surface area contributed by atoms with Crippen LogP contribution in [0.5, 0.6) is 5.88 Å². The van der Waals surface area contributed by atoms with Gasteiger partial charge in [0.15, 0.2) is 0 Å². The van der Waals surface area contributed by atoms with Crippen LogP contribution in [0, 0.1) is 0 Å². The predicted molar refractivity (Wildman–Crippen MR) is 93.5 cm³/mol. The van der Waals surface area contributed by atoms with E-state index in [1.54, 1.807) is 0 Å². The first-order valence-electron chi connectivity index (χ1n) is 8.34. The lowest BCUT2D eigenvalue weighted by Gasteiger charge is -2.25. The molecule has 1 aromatic heterocycles. The number of carbonyl (C=O) groups is 1. The second-order valence-corrected chi connectivity index (χ2v) is 9.61. The number of rotatable bonds is 5. The van der Waals surface area contributed by atoms with E-state index in [1.807, 2.05) is 6.92 Å². The number of hydrogen-bond donors (Lipinski definition) is 1. The second-order valence-electron chi connectivity index (χ2n) is 6.92. The Balaban J connectivity index is 2.77. The summed E-state index contributed by atoms with van der Waals surface area (Å²) in [5.74, 6) is -2.00. The van der Waals surface area contributed by atoms with Crippen molar-refractivity contribution in [2.24, 2.45) is 14.1 Å². The summed E-state index contributed by atoms with van der Waals surface area (Å²) in [5, 5.41) is 10.3. The molecule has 1 aromatic rings. The Labute approximate surface area is 151 Å². The van der Waals surface area contributed by atoms with Gasteiger partial charge in [0, 0.05) is 20.5 Å². The van der Waals surface area contributed by atoms with E-state index in [4.69, 9.17) is 4.74 Å². The van der Waals surface area contributed by atoms with Gasteiger partial charge < -0.3 is 9.84 Å². The van der Waals surface area contributed by atoms with Gasteiger partial charge in [0.05, 0.1) is 0 Å². The average molecular weight is 388 g/mol. The molecule has 1 N–H and O–H groups in total. The summed E-state index contributed by atoms with van der Waals surface area (Å²) in [5.41, 5.74) is -2.56. The number of aromatic nitrogens is 2. The predicted octanol–water partition coefficient (Wildman–Crippen LogP) is 0.273. The first kappa shape index (κ1) is 20.2. The molecule has 0 spiro atoms. The number of unbranched alkanes of at least 4 members (excludes halogenated alkanes) is 2. The smallest absolute Gasteiger partial charge is 0.333 e. The standard InChI is InChI=1S/C16H24N2O7S/c1-6-7-8-9-15(2)25-13(21)16(3,26(15,23)24)10-11(19)17(4)14(22)18(5)12(10)20/h19H,6-9H2,1-5H3. The highest BCUT2D eigenvalue weighted by molar-refractivity contribution is 7.94. The van der Waals surface area contributed by atoms with Crippen molar-refractivity contribution >= 4 is 15.8 Å². The van der Waals surface area contributed by atoms with Gasteiger partial charge >= 0.3 is 11.7 Å². The van der Waals surface area contributed by atoms with Crippen LogP contribution < -0.4 is 11.2 Å². The molecule has 26 heavy (non-hydrogen) atoms. The summed E-state index contributed by atoms with van der Waals surface area (Å²) in [4.78, 5) is 35.3. The van der Waals surface area contributed by atoms with Crippen LogP contribution in [0.3, 0.4) is 0 Å². The number of sulfone groups is 1. The molecular formula is C16H24N2O7S. The number of nitrogens with zero attached hydrogens (tertiary/aromatic N) is 2. The Kier molecular flexibility index (Phi) is 4.86. The molecule has 2 atom stereocenters. The van der Waals surface area contributed by atoms with Gasteiger partial charge in [-0.3, -0.25) is 13.9 Å². The second kappa shape index (κ2) is 6.26. The van der Waals surface area contributed by atoms with E-state index in [2.05, 4.69) is 0 Å². The topological polar surface area (TPSA) is 125 Å². The molecule has 2 rings (SSSR count). The first-order chi connectivity index (χ1) is 11.9. The Morgan fingerprint density at radius 1 is 1.08 bits per heavy atom. The Morgan fingerprint density at radius 3 is 2.19 bits per heavy atom. The zero-order valence-corrected chi connectivity index (χ0v) is 16.3. The van der Waals surface area contributed by atoms with Crippen LogP contribution in [0.15, 0.2) is 9.59 Å². The zero-order valence-electron chi connectivity index (χ0n) is 15.5. The first-order valence-corrected chi connectivity index (χ1v) is 9.82. The summed E-state index contributed by atoms with van der Waals surface area (Å²) >= 11 is 0. The Bertz CT molecular complexity index is 976. The molecule has 0 saturated carbocycles. The largest absolute Gasteiger partial charge is 0.494 e. The monoisotopic (exact) mass is 388 g/mol. The van der Waals surface area contributed by atoms with Crippen LogP contribution in [0.2, 0.25) is 0 Å². The molecule has 2 unspecified atom stereocenters. The minimum Gasteiger partial charge on any atom is -0.494 e. The number of aromatic hydroxyl groups is 1. The molecule has 0 bridgehead atoms. The third-order valence-electron chi connectivity index (χ3n) is 5.15. The van der Waals surface area contributed by atoms with Gasteiger partial charge in [-0.25, -0.2) is 18.0 Å². The fourth-order valence-electron chi connectivity index (χ4n) is 3.26. The molecule has 0 radical (unpaired) electrons. The van der Waals surface area contributed by atoms with Gasteiger partial charge in [0.25, 0.3) is 5.56 Å². The highest BCUT2D eigenvalue weighted by atomic mass is 32.2. The minimum absolute atomic E-state index is 0.0807. The number of carbonyl (C=O) groups excluding carboxylic acids is 1. The van der Waals surface area contributed by atoms with Crippen LogP contribution in [-0.4, -0.2) is 33.6 Å². The molecule has 1 aliphatic heterocycles. The van der Waals surface area contributed by atoms with Crippen molar-refractivity contribution in [3.05, 3.63) is 26.4 Å². The Hall–Kier alpha value is -2.10. The molecule has 1 aliphatic rings. The van der Waals surface area contributed by atoms with Crippen molar-refractivity contribution in [1.82, 2.24) is 9.13 Å². The lowest BCUT2D eigenvalue weighted by Crippen LogP contribution is -2.48. The van der Waals surface area contributed by atoms with Crippen LogP contribution in [0.1, 0.15) is 52.0 Å². The highest BCUT2D eigenvalue weighted by Crippen LogP contribution is 2.49. The number of hydrogen-bond acceptors (Lipinski definition) is 7. The SMILES string of the molecule is CCCCCC1(C)OC(=O)C(C)(c2c(O)n(C)c(=O)n(C)c2=O)S1(=O)=O. The third kappa shape index (κ3) is 2.42. The molecule has 1 saturated heterocycles. The normalized spacial score (nSPS) is 27.5. The maximum absolute atomic E-state index is 13.3. The lowest BCUT2D eigenvalue weighted by molar-refractivity contribution is -0.150. The fourth-order valence-corrected chi connectivity index (χ4v) is 5.43. The number of cyclic esters (lactones) is 1. The molecule has 0 aromatic carbocycles. The molecule has 2 heterocycles. The van der Waals surface area contributed by atoms with E-state index >= 15 is 0 Å². The van der Waals surface area contributed by atoms with Gasteiger partial charge in [-0.15, -0.1) is 0 Å². The van der Waals surface area contributed by atoms with E-state index in [1.165, 1.54) is 14.0 Å². The molecule has 9 nitrogen and oxygen atoms in total. The van der Waals surface area contributed by atoms with Crippen LogP contribution >= 0.6 is 0 Å². The van der Waals surface area contributed by atoms with Crippen LogP contribution in [-0.2, 0) is 38.2 Å². The lowest BCUT2D eigenvalue weighted by atomic mass is 10.0. The van der Waals surface area contributed by atoms with Crippen LogP contribution in [0.4, 0.5) is 0 Å². The summed E-state index contributed by atoms with van der Waals surface area (Å²) in [6.07, 6.45) is 2.21. The summed E-state index contributed by atoms with van der Waals surface area (Å²) in [6, 6.07) is 0. The molecule has 0 amide bonds. The van der Waals surface area contributed by atoms with Crippen molar-refractivity contribution < 1.29 is 23.1 Å². The van der Waals surface area contributed by atoms with Crippen molar-refractivity contribution in [3.8, 4) is 5.88 Å². The van der Waals surface area contributed by atoms with Crippen LogP contribution in [0.25, 0.3) is 0 Å². The van der Waals surface area contributed by atoms with Crippen molar-refractivity contribution in [3.63, 3.8) is 0 Å². The van der Waals surface area contributed by atoms with Crippen molar-refractivity contribution in [2.45, 2.75) is 56.1 Å². The number of esters is 1. The van der Waals surface area contributed by atoms with E-state index in [-0.39, 0.29) is 6.42 Å². The van der Waals surface area contributed by atoms with Crippen molar-refractivity contribution in [2.75, 3.05) is 0 Å². The summed E-state index contributed by atoms with van der Waals surface area (Å²) in [6.45, 7) is 4.29. The quantitative estimate of drug-likeness (QED) is 0.567. The minimum atomic E-state index is -4.36. The molecule has 146 valence electrons. The maximum atomic E-state index is 13.3. The molecule has 0 aliphatic carbocycles. The van der Waals surface area contributed by atoms with Gasteiger partial charge in [-0.2, -0.15) is 0 Å².